The van der Waals surface area contributed by atoms with Gasteiger partial charge < -0.3 is 9.84 Å². The average molecular weight is 267 g/mol. The number of benzene rings is 1. The number of carbonyl (C=O) groups is 1. The molecule has 18 heavy (non-hydrogen) atoms. The first-order valence-electron chi connectivity index (χ1n) is 5.53. The molecule has 4 heteroatoms. The smallest absolute Gasteiger partial charge is 0.336 e. The van der Waals surface area contributed by atoms with Crippen LogP contribution < -0.4 is 0 Å². The van der Waals surface area contributed by atoms with Crippen LogP contribution in [0.15, 0.2) is 48.6 Å². The van der Waals surface area contributed by atoms with Crippen LogP contribution in [0.3, 0.4) is 0 Å². The lowest BCUT2D eigenvalue weighted by Crippen LogP contribution is -2.17. The van der Waals surface area contributed by atoms with E-state index in [9.17, 15) is 9.90 Å². The van der Waals surface area contributed by atoms with E-state index < -0.39 is 12.1 Å². The molecule has 0 fully saturated rings. The number of halogens is 1. The first-order valence-corrected chi connectivity index (χ1v) is 5.90. The van der Waals surface area contributed by atoms with Crippen molar-refractivity contribution in [3.05, 3.63) is 54.1 Å². The van der Waals surface area contributed by atoms with Gasteiger partial charge in [0.2, 0.25) is 0 Å². The van der Waals surface area contributed by atoms with Crippen molar-refractivity contribution >= 4 is 22.6 Å². The standard InChI is InChI=1S/C14H15ClO3/c1-3-18-14(17)10(2)13(16)9-12(15)11-7-5-4-6-8-11/h4-9,13,16H,2-3H2,1H3/b12-9-. The van der Waals surface area contributed by atoms with Gasteiger partial charge in [-0.15, -0.1) is 0 Å². The van der Waals surface area contributed by atoms with Crippen molar-refractivity contribution in [3.8, 4) is 0 Å². The van der Waals surface area contributed by atoms with Gasteiger partial charge in [-0.1, -0.05) is 48.5 Å². The third kappa shape index (κ3) is 4.02. The van der Waals surface area contributed by atoms with Gasteiger partial charge in [0.25, 0.3) is 0 Å². The zero-order valence-electron chi connectivity index (χ0n) is 10.1. The Morgan fingerprint density at radius 2 is 2.11 bits per heavy atom. The molecule has 0 radical (unpaired) electrons. The Hall–Kier alpha value is -1.58. The van der Waals surface area contributed by atoms with Gasteiger partial charge >= 0.3 is 5.97 Å². The minimum absolute atomic E-state index is 0.0362. The maximum Gasteiger partial charge on any atom is 0.336 e. The Morgan fingerprint density at radius 3 is 2.67 bits per heavy atom. The van der Waals surface area contributed by atoms with Crippen molar-refractivity contribution in [2.24, 2.45) is 0 Å². The summed E-state index contributed by atoms with van der Waals surface area (Å²) < 4.78 is 4.74. The lowest BCUT2D eigenvalue weighted by molar-refractivity contribution is -0.139. The Labute approximate surface area is 111 Å². The lowest BCUT2D eigenvalue weighted by Gasteiger charge is -2.09. The van der Waals surface area contributed by atoms with E-state index in [1.807, 2.05) is 18.2 Å². The zero-order chi connectivity index (χ0) is 13.5. The summed E-state index contributed by atoms with van der Waals surface area (Å²) in [5, 5.41) is 10.1. The number of aliphatic hydroxyl groups is 1. The molecule has 0 amide bonds. The van der Waals surface area contributed by atoms with Crippen LogP contribution in [-0.4, -0.2) is 23.8 Å². The highest BCUT2D eigenvalue weighted by Gasteiger charge is 2.16. The van der Waals surface area contributed by atoms with Crippen molar-refractivity contribution in [1.29, 1.82) is 0 Å². The topological polar surface area (TPSA) is 46.5 Å². The monoisotopic (exact) mass is 266 g/mol. The molecule has 3 nitrogen and oxygen atoms in total. The Kier molecular flexibility index (Phi) is 5.62. The minimum atomic E-state index is -1.16. The first-order chi connectivity index (χ1) is 8.56. The predicted octanol–water partition coefficient (Wildman–Crippen LogP) is 2.75. The van der Waals surface area contributed by atoms with E-state index >= 15 is 0 Å². The molecular formula is C14H15ClO3. The van der Waals surface area contributed by atoms with Gasteiger partial charge in [-0.25, -0.2) is 4.79 Å². The average Bonchev–Trinajstić information content (AvgIpc) is 2.39. The summed E-state index contributed by atoms with van der Waals surface area (Å²) in [7, 11) is 0. The van der Waals surface area contributed by atoms with Crippen LogP contribution in [0.25, 0.3) is 5.03 Å². The number of esters is 1. The SMILES string of the molecule is C=C(C(=O)OCC)C(O)/C=C(\Cl)c1ccccc1. The van der Waals surface area contributed by atoms with Crippen molar-refractivity contribution in [2.45, 2.75) is 13.0 Å². The van der Waals surface area contributed by atoms with E-state index in [1.165, 1.54) is 6.08 Å². The maximum atomic E-state index is 11.3. The second-order valence-corrected chi connectivity index (χ2v) is 3.98. The second-order valence-electron chi connectivity index (χ2n) is 3.57. The maximum absolute atomic E-state index is 11.3. The molecule has 1 aromatic carbocycles. The summed E-state index contributed by atoms with van der Waals surface area (Å²) in [6.07, 6.45) is 0.202. The van der Waals surface area contributed by atoms with Gasteiger partial charge in [0.05, 0.1) is 12.2 Å². The minimum Gasteiger partial charge on any atom is -0.463 e. The number of hydrogen-bond donors (Lipinski definition) is 1. The van der Waals surface area contributed by atoms with Crippen LogP contribution in [-0.2, 0) is 9.53 Å². The Bertz CT molecular complexity index is 451. The van der Waals surface area contributed by atoms with Crippen LogP contribution in [0.1, 0.15) is 12.5 Å². The van der Waals surface area contributed by atoms with Gasteiger partial charge in [-0.3, -0.25) is 0 Å². The third-order valence-electron chi connectivity index (χ3n) is 2.25. The number of carbonyl (C=O) groups excluding carboxylic acids is 1. The zero-order valence-corrected chi connectivity index (χ0v) is 10.9. The molecule has 1 rings (SSSR count). The summed E-state index contributed by atoms with van der Waals surface area (Å²) in [4.78, 5) is 11.3. The molecule has 1 N–H and O–H groups in total. The normalized spacial score (nSPS) is 12.9. The molecule has 96 valence electrons. The predicted molar refractivity (Wildman–Crippen MR) is 72.1 cm³/mol. The molecule has 0 heterocycles. The summed E-state index contributed by atoms with van der Waals surface area (Å²) in [5.74, 6) is -0.626. The van der Waals surface area contributed by atoms with E-state index in [-0.39, 0.29) is 12.2 Å². The summed E-state index contributed by atoms with van der Waals surface area (Å²) in [5.41, 5.74) is 0.723. The fourth-order valence-electron chi connectivity index (χ4n) is 1.28. The molecule has 0 aliphatic heterocycles. The molecule has 1 atom stereocenters. The van der Waals surface area contributed by atoms with E-state index in [0.29, 0.717) is 5.03 Å². The molecular weight excluding hydrogens is 252 g/mol. The highest BCUT2D eigenvalue weighted by atomic mass is 35.5. The van der Waals surface area contributed by atoms with E-state index in [2.05, 4.69) is 6.58 Å². The van der Waals surface area contributed by atoms with E-state index in [4.69, 9.17) is 16.3 Å². The van der Waals surface area contributed by atoms with Gasteiger partial charge in [0, 0.05) is 5.03 Å². The fourth-order valence-corrected chi connectivity index (χ4v) is 1.52. The van der Waals surface area contributed by atoms with Gasteiger partial charge in [0.15, 0.2) is 0 Å². The highest BCUT2D eigenvalue weighted by Crippen LogP contribution is 2.20. The summed E-state index contributed by atoms with van der Waals surface area (Å²) in [6, 6.07) is 9.13. The Morgan fingerprint density at radius 1 is 1.50 bits per heavy atom. The largest absolute Gasteiger partial charge is 0.463 e. The molecule has 1 aromatic rings. The van der Waals surface area contributed by atoms with Gasteiger partial charge in [-0.05, 0) is 18.6 Å². The van der Waals surface area contributed by atoms with Crippen LogP contribution in [0.5, 0.6) is 0 Å². The van der Waals surface area contributed by atoms with E-state index in [0.717, 1.165) is 5.56 Å². The number of hydrogen-bond acceptors (Lipinski definition) is 3. The van der Waals surface area contributed by atoms with Crippen LogP contribution in [0, 0.1) is 0 Å². The lowest BCUT2D eigenvalue weighted by atomic mass is 10.1. The quantitative estimate of drug-likeness (QED) is 0.658. The molecule has 0 saturated carbocycles. The van der Waals surface area contributed by atoms with Crippen molar-refractivity contribution < 1.29 is 14.6 Å². The molecule has 0 bridgehead atoms. The number of aliphatic hydroxyl groups excluding tert-OH is 1. The molecule has 0 aromatic heterocycles. The first kappa shape index (κ1) is 14.5. The van der Waals surface area contributed by atoms with Crippen LogP contribution in [0.2, 0.25) is 0 Å². The molecule has 0 spiro atoms. The van der Waals surface area contributed by atoms with Gasteiger partial charge in [0.1, 0.15) is 6.10 Å². The van der Waals surface area contributed by atoms with Crippen molar-refractivity contribution in [2.75, 3.05) is 6.61 Å². The molecule has 1 unspecified atom stereocenters. The van der Waals surface area contributed by atoms with Gasteiger partial charge in [-0.2, -0.15) is 0 Å². The fraction of sp³-hybridized carbons (Fsp3) is 0.214. The molecule has 0 aliphatic carbocycles. The molecule has 0 saturated heterocycles. The summed E-state index contributed by atoms with van der Waals surface area (Å²) >= 11 is 6.03. The Balaban J connectivity index is 2.77. The third-order valence-corrected chi connectivity index (χ3v) is 2.59. The highest BCUT2D eigenvalue weighted by molar-refractivity contribution is 6.48. The second kappa shape index (κ2) is 6.99. The van der Waals surface area contributed by atoms with Crippen LogP contribution in [0.4, 0.5) is 0 Å². The van der Waals surface area contributed by atoms with Crippen LogP contribution >= 0.6 is 11.6 Å². The number of rotatable bonds is 5. The van der Waals surface area contributed by atoms with Crippen molar-refractivity contribution in [1.82, 2.24) is 0 Å². The summed E-state index contributed by atoms with van der Waals surface area (Å²) in [6.45, 7) is 5.41. The van der Waals surface area contributed by atoms with Crippen molar-refractivity contribution in [3.63, 3.8) is 0 Å². The molecule has 0 aliphatic rings. The number of ether oxygens (including phenoxy) is 1. The van der Waals surface area contributed by atoms with E-state index in [1.54, 1.807) is 19.1 Å².